The van der Waals surface area contributed by atoms with Gasteiger partial charge >= 0.3 is 0 Å². The number of carbonyl (C=O) groups is 3. The smallest absolute Gasteiger partial charge is 0.295 e. The van der Waals surface area contributed by atoms with Crippen LogP contribution in [0.25, 0.3) is 5.76 Å². The van der Waals surface area contributed by atoms with Gasteiger partial charge in [-0.15, -0.1) is 0 Å². The molecule has 2 aromatic carbocycles. The number of nitro groups is 1. The molecule has 0 spiro atoms. The molecule has 1 unspecified atom stereocenters. The number of hydrogen-bond donors (Lipinski definition) is 2. The van der Waals surface area contributed by atoms with E-state index in [1.165, 1.54) is 36.1 Å². The number of ketones is 1. The summed E-state index contributed by atoms with van der Waals surface area (Å²) >= 11 is 0. The summed E-state index contributed by atoms with van der Waals surface area (Å²) in [6, 6.07) is 12.8. The molecule has 2 amide bonds. The molecule has 0 aliphatic carbocycles. The Hall–Kier alpha value is -4.01. The summed E-state index contributed by atoms with van der Waals surface area (Å²) in [5.74, 6) is -2.30. The quantitative estimate of drug-likeness (QED) is 0.247. The lowest BCUT2D eigenvalue weighted by atomic mass is 9.95. The first-order chi connectivity index (χ1) is 14.3. The lowest BCUT2D eigenvalue weighted by molar-refractivity contribution is -0.384. The van der Waals surface area contributed by atoms with Crippen LogP contribution in [-0.2, 0) is 14.4 Å². The number of hydrogen-bond acceptors (Lipinski definition) is 6. The van der Waals surface area contributed by atoms with Gasteiger partial charge in [-0.2, -0.15) is 0 Å². The van der Waals surface area contributed by atoms with Gasteiger partial charge in [0.15, 0.2) is 0 Å². The highest BCUT2D eigenvalue weighted by Crippen LogP contribution is 2.39. The zero-order valence-electron chi connectivity index (χ0n) is 16.1. The zero-order chi connectivity index (χ0) is 21.8. The molecule has 1 fully saturated rings. The van der Waals surface area contributed by atoms with Crippen molar-refractivity contribution in [3.05, 3.63) is 81.4 Å². The normalized spacial score (nSPS) is 17.8. The van der Waals surface area contributed by atoms with E-state index in [0.29, 0.717) is 11.1 Å². The van der Waals surface area contributed by atoms with E-state index >= 15 is 0 Å². The van der Waals surface area contributed by atoms with Gasteiger partial charge in [0.05, 0.1) is 16.5 Å². The largest absolute Gasteiger partial charge is 0.507 e. The van der Waals surface area contributed by atoms with E-state index in [1.54, 1.807) is 30.3 Å². The van der Waals surface area contributed by atoms with Crippen molar-refractivity contribution in [2.45, 2.75) is 13.0 Å². The second-order valence-electron chi connectivity index (χ2n) is 6.69. The Kier molecular flexibility index (Phi) is 5.91. The van der Waals surface area contributed by atoms with Crippen LogP contribution >= 0.6 is 0 Å². The molecule has 2 N–H and O–H groups in total. The number of non-ortho nitro benzene ring substituents is 1. The number of nitrogens with zero attached hydrogens (tertiary/aromatic N) is 2. The monoisotopic (exact) mass is 409 g/mol. The van der Waals surface area contributed by atoms with Crippen molar-refractivity contribution in [3.63, 3.8) is 0 Å². The molecule has 0 radical (unpaired) electrons. The maximum Gasteiger partial charge on any atom is 0.295 e. The molecule has 0 aromatic heterocycles. The predicted molar refractivity (Wildman–Crippen MR) is 107 cm³/mol. The third-order valence-corrected chi connectivity index (χ3v) is 4.73. The fraction of sp³-hybridized carbons (Fsp3) is 0.190. The highest BCUT2D eigenvalue weighted by molar-refractivity contribution is 6.46. The van der Waals surface area contributed by atoms with Crippen molar-refractivity contribution in [2.24, 2.45) is 0 Å². The number of benzene rings is 2. The molecule has 9 heteroatoms. The van der Waals surface area contributed by atoms with Gasteiger partial charge in [0.2, 0.25) is 5.91 Å². The summed E-state index contributed by atoms with van der Waals surface area (Å²) < 4.78 is 0. The summed E-state index contributed by atoms with van der Waals surface area (Å²) in [4.78, 5) is 48.3. The Morgan fingerprint density at radius 3 is 2.33 bits per heavy atom. The van der Waals surface area contributed by atoms with Crippen molar-refractivity contribution >= 4 is 29.0 Å². The Morgan fingerprint density at radius 2 is 1.77 bits per heavy atom. The van der Waals surface area contributed by atoms with Crippen LogP contribution in [0.5, 0.6) is 0 Å². The second-order valence-corrected chi connectivity index (χ2v) is 6.69. The summed E-state index contributed by atoms with van der Waals surface area (Å²) in [6.07, 6.45) is 0. The van der Waals surface area contributed by atoms with Gasteiger partial charge in [-0.25, -0.2) is 0 Å². The van der Waals surface area contributed by atoms with E-state index in [2.05, 4.69) is 5.32 Å². The Labute approximate surface area is 171 Å². The van der Waals surface area contributed by atoms with E-state index in [9.17, 15) is 29.6 Å². The maximum atomic E-state index is 12.8. The van der Waals surface area contributed by atoms with Crippen molar-refractivity contribution in [1.29, 1.82) is 0 Å². The molecule has 1 atom stereocenters. The first-order valence-corrected chi connectivity index (χ1v) is 9.14. The molecule has 0 saturated carbocycles. The maximum absolute atomic E-state index is 12.8. The average molecular weight is 409 g/mol. The molecule has 1 saturated heterocycles. The molecule has 1 heterocycles. The van der Waals surface area contributed by atoms with Gasteiger partial charge in [-0.3, -0.25) is 24.5 Å². The van der Waals surface area contributed by atoms with E-state index in [4.69, 9.17) is 0 Å². The van der Waals surface area contributed by atoms with Gasteiger partial charge in [0.1, 0.15) is 5.76 Å². The summed E-state index contributed by atoms with van der Waals surface area (Å²) in [5, 5.41) is 24.3. The first-order valence-electron chi connectivity index (χ1n) is 9.14. The van der Waals surface area contributed by atoms with Crippen LogP contribution in [0.15, 0.2) is 60.2 Å². The number of amides is 2. The number of aliphatic hydroxyl groups excluding tert-OH is 1. The molecule has 154 valence electrons. The van der Waals surface area contributed by atoms with Gasteiger partial charge in [0, 0.05) is 37.7 Å². The highest BCUT2D eigenvalue weighted by atomic mass is 16.6. The summed E-state index contributed by atoms with van der Waals surface area (Å²) in [6.45, 7) is 1.46. The van der Waals surface area contributed by atoms with Crippen molar-refractivity contribution < 1.29 is 24.4 Å². The lowest BCUT2D eigenvalue weighted by Crippen LogP contribution is -2.37. The molecular formula is C21H19N3O6. The first kappa shape index (κ1) is 20.7. The standard InChI is InChI=1S/C21H19N3O6/c1-13(25)22-11-12-23-18(14-7-9-16(10-8-14)24(29)30)17(20(27)21(23)28)19(26)15-5-3-2-4-6-15/h2-10,18,26H,11-12H2,1H3,(H,22,25). The fourth-order valence-electron chi connectivity index (χ4n) is 3.34. The number of Topliss-reactive ketones (excluding diaryl/α,β-unsaturated/α-hetero) is 1. The van der Waals surface area contributed by atoms with Crippen molar-refractivity contribution in [3.8, 4) is 0 Å². The Bertz CT molecular complexity index is 1030. The summed E-state index contributed by atoms with van der Waals surface area (Å²) in [7, 11) is 0. The van der Waals surface area contributed by atoms with Crippen LogP contribution in [0.3, 0.4) is 0 Å². The fourth-order valence-corrected chi connectivity index (χ4v) is 3.34. The van der Waals surface area contributed by atoms with E-state index in [-0.39, 0.29) is 36.0 Å². The third-order valence-electron chi connectivity index (χ3n) is 4.73. The topological polar surface area (TPSA) is 130 Å². The van der Waals surface area contributed by atoms with Crippen LogP contribution in [0.2, 0.25) is 0 Å². The van der Waals surface area contributed by atoms with Crippen LogP contribution < -0.4 is 5.32 Å². The molecule has 3 rings (SSSR count). The molecule has 1 aliphatic heterocycles. The number of likely N-dealkylation sites (tertiary alicyclic amines) is 1. The number of nitrogens with one attached hydrogen (secondary N) is 1. The molecule has 9 nitrogen and oxygen atoms in total. The van der Waals surface area contributed by atoms with Crippen molar-refractivity contribution in [2.75, 3.05) is 13.1 Å². The molecular weight excluding hydrogens is 390 g/mol. The van der Waals surface area contributed by atoms with Gasteiger partial charge in [0.25, 0.3) is 17.4 Å². The van der Waals surface area contributed by atoms with Gasteiger partial charge in [-0.05, 0) is 17.7 Å². The predicted octanol–water partition coefficient (Wildman–Crippen LogP) is 2.15. The second kappa shape index (κ2) is 8.56. The Balaban J connectivity index is 2.09. The van der Waals surface area contributed by atoms with Gasteiger partial charge in [-0.1, -0.05) is 30.3 Å². The average Bonchev–Trinajstić information content (AvgIpc) is 2.98. The van der Waals surface area contributed by atoms with E-state index in [0.717, 1.165) is 0 Å². The minimum atomic E-state index is -0.945. The lowest BCUT2D eigenvalue weighted by Gasteiger charge is -2.25. The zero-order valence-corrected chi connectivity index (χ0v) is 16.1. The van der Waals surface area contributed by atoms with Crippen LogP contribution in [0.4, 0.5) is 5.69 Å². The van der Waals surface area contributed by atoms with Crippen LogP contribution in [0.1, 0.15) is 24.1 Å². The summed E-state index contributed by atoms with van der Waals surface area (Å²) in [5.41, 5.74) is 0.546. The van der Waals surface area contributed by atoms with Crippen LogP contribution in [-0.4, -0.2) is 45.6 Å². The van der Waals surface area contributed by atoms with Crippen molar-refractivity contribution in [1.82, 2.24) is 10.2 Å². The molecule has 0 bridgehead atoms. The highest BCUT2D eigenvalue weighted by Gasteiger charge is 2.45. The minimum Gasteiger partial charge on any atom is -0.507 e. The van der Waals surface area contributed by atoms with Crippen LogP contribution in [0, 0.1) is 10.1 Å². The van der Waals surface area contributed by atoms with E-state index < -0.39 is 22.7 Å². The SMILES string of the molecule is CC(=O)NCCN1C(=O)C(=O)C(=C(O)c2ccccc2)C1c1ccc([N+](=O)[O-])cc1. The molecule has 30 heavy (non-hydrogen) atoms. The number of aliphatic hydroxyl groups is 1. The molecule has 2 aromatic rings. The van der Waals surface area contributed by atoms with E-state index in [1.807, 2.05) is 0 Å². The number of carbonyl (C=O) groups excluding carboxylic acids is 3. The third kappa shape index (κ3) is 4.04. The Morgan fingerprint density at radius 1 is 1.13 bits per heavy atom. The molecule has 1 aliphatic rings. The number of rotatable bonds is 6. The minimum absolute atomic E-state index is 0.0252. The van der Waals surface area contributed by atoms with Gasteiger partial charge < -0.3 is 15.3 Å². The number of nitro benzene ring substituents is 1.